The van der Waals surface area contributed by atoms with Crippen LogP contribution in [0.1, 0.15) is 31.9 Å². The maximum Gasteiger partial charge on any atom is 0.191 e. The summed E-state index contributed by atoms with van der Waals surface area (Å²) in [5.74, 6) is 2.49. The smallest absolute Gasteiger partial charge is 0.191 e. The van der Waals surface area contributed by atoms with Crippen molar-refractivity contribution >= 4 is 29.9 Å². The van der Waals surface area contributed by atoms with Crippen LogP contribution in [0.15, 0.2) is 4.99 Å². The van der Waals surface area contributed by atoms with Crippen LogP contribution in [-0.2, 0) is 23.1 Å². The predicted octanol–water partition coefficient (Wildman–Crippen LogP) is 0.924. The third-order valence-electron chi connectivity index (χ3n) is 4.84. The van der Waals surface area contributed by atoms with Crippen molar-refractivity contribution in [1.29, 1.82) is 0 Å². The van der Waals surface area contributed by atoms with Gasteiger partial charge in [0.15, 0.2) is 11.8 Å². The largest absolute Gasteiger partial charge is 0.379 e. The Morgan fingerprint density at radius 3 is 2.57 bits per heavy atom. The summed E-state index contributed by atoms with van der Waals surface area (Å²) in [6.45, 7) is 12.8. The molecule has 9 nitrogen and oxygen atoms in total. The van der Waals surface area contributed by atoms with E-state index in [-0.39, 0.29) is 29.6 Å². The van der Waals surface area contributed by atoms with E-state index < -0.39 is 0 Å². The van der Waals surface area contributed by atoms with Crippen LogP contribution in [0.2, 0.25) is 0 Å². The maximum atomic E-state index is 5.49. The van der Waals surface area contributed by atoms with Gasteiger partial charge in [0.05, 0.1) is 18.8 Å². The molecule has 0 bridgehead atoms. The van der Waals surface area contributed by atoms with Crippen molar-refractivity contribution in [2.75, 3.05) is 53.0 Å². The van der Waals surface area contributed by atoms with Gasteiger partial charge in [0.1, 0.15) is 12.4 Å². The highest BCUT2D eigenvalue weighted by Crippen LogP contribution is 2.05. The zero-order chi connectivity index (χ0) is 19.7. The molecule has 2 N–H and O–H groups in total. The Morgan fingerprint density at radius 1 is 1.25 bits per heavy atom. The van der Waals surface area contributed by atoms with E-state index in [1.165, 1.54) is 0 Å². The number of guanidine groups is 1. The van der Waals surface area contributed by atoms with Gasteiger partial charge in [-0.2, -0.15) is 0 Å². The molecule has 0 aromatic carbocycles. The molecule has 28 heavy (non-hydrogen) atoms. The Bertz CT molecular complexity index is 601. The number of rotatable bonds is 9. The van der Waals surface area contributed by atoms with Crippen molar-refractivity contribution in [3.8, 4) is 0 Å². The summed E-state index contributed by atoms with van der Waals surface area (Å²) in [6.07, 6.45) is 1.05. The van der Waals surface area contributed by atoms with Crippen LogP contribution in [0.5, 0.6) is 0 Å². The summed E-state index contributed by atoms with van der Waals surface area (Å²) in [5, 5.41) is 15.1. The maximum absolute atomic E-state index is 5.49. The van der Waals surface area contributed by atoms with E-state index in [0.717, 1.165) is 63.4 Å². The first kappa shape index (κ1) is 25.1. The number of methoxy groups -OCH3 is 1. The first-order chi connectivity index (χ1) is 12.9. The van der Waals surface area contributed by atoms with E-state index in [1.54, 1.807) is 7.11 Å². The first-order valence-electron chi connectivity index (χ1n) is 9.63. The summed E-state index contributed by atoms with van der Waals surface area (Å²) in [7, 11) is 3.67. The lowest BCUT2D eigenvalue weighted by Crippen LogP contribution is -2.46. The minimum absolute atomic E-state index is 0. The van der Waals surface area contributed by atoms with Gasteiger partial charge in [0.25, 0.3) is 0 Å². The Kier molecular flexibility index (Phi) is 11.2. The Balaban J connectivity index is 0.00000392. The van der Waals surface area contributed by atoms with Gasteiger partial charge in [-0.15, -0.1) is 34.2 Å². The summed E-state index contributed by atoms with van der Waals surface area (Å²) in [4.78, 5) is 7.11. The lowest BCUT2D eigenvalue weighted by atomic mass is 10.1. The fourth-order valence-electron chi connectivity index (χ4n) is 2.62. The van der Waals surface area contributed by atoms with Gasteiger partial charge in [-0.25, -0.2) is 4.99 Å². The molecule has 1 aliphatic heterocycles. The fourth-order valence-corrected chi connectivity index (χ4v) is 2.62. The molecule has 0 radical (unpaired) electrons. The molecule has 0 aliphatic carbocycles. The van der Waals surface area contributed by atoms with Crippen molar-refractivity contribution in [1.82, 2.24) is 30.3 Å². The Hall–Kier alpha value is -0.980. The number of ether oxygens (including phenoxy) is 2. The number of aromatic nitrogens is 3. The normalized spacial score (nSPS) is 16.0. The van der Waals surface area contributed by atoms with Crippen LogP contribution in [0, 0.1) is 6.92 Å². The molecule has 0 saturated carbocycles. The van der Waals surface area contributed by atoms with Crippen LogP contribution in [0.3, 0.4) is 0 Å². The molecular formula is C18H36IN7O2. The Morgan fingerprint density at radius 2 is 1.96 bits per heavy atom. The van der Waals surface area contributed by atoms with Crippen LogP contribution >= 0.6 is 24.0 Å². The molecule has 0 spiro atoms. The minimum Gasteiger partial charge on any atom is -0.379 e. The number of morpholine rings is 1. The number of nitrogens with one attached hydrogen (secondary N) is 2. The van der Waals surface area contributed by atoms with E-state index in [4.69, 9.17) is 9.47 Å². The summed E-state index contributed by atoms with van der Waals surface area (Å²) in [5.41, 5.74) is -0.266. The zero-order valence-electron chi connectivity index (χ0n) is 17.8. The molecule has 0 amide bonds. The zero-order valence-corrected chi connectivity index (χ0v) is 20.2. The molecule has 162 valence electrons. The lowest BCUT2D eigenvalue weighted by Gasteiger charge is -2.27. The molecule has 2 heterocycles. The molecular weight excluding hydrogens is 473 g/mol. The highest BCUT2D eigenvalue weighted by molar-refractivity contribution is 14.0. The standard InChI is InChI=1S/C18H35N7O2.HI/c1-15-22-23-16(24(15)4)13-20-17(21-14-18(2,3)26-5)19-7-6-8-25-9-11-27-12-10-25;/h6-14H2,1-5H3,(H2,19,20,21);1H. The van der Waals surface area contributed by atoms with Crippen molar-refractivity contribution in [3.05, 3.63) is 11.6 Å². The molecule has 2 rings (SSSR count). The molecule has 1 saturated heterocycles. The molecule has 0 atom stereocenters. The van der Waals surface area contributed by atoms with E-state index in [1.807, 2.05) is 32.4 Å². The summed E-state index contributed by atoms with van der Waals surface area (Å²) in [6, 6.07) is 0. The van der Waals surface area contributed by atoms with Crippen LogP contribution in [0.25, 0.3) is 0 Å². The van der Waals surface area contributed by atoms with Crippen molar-refractivity contribution in [3.63, 3.8) is 0 Å². The van der Waals surface area contributed by atoms with Crippen LogP contribution < -0.4 is 10.6 Å². The molecule has 1 aliphatic rings. The second-order valence-corrected chi connectivity index (χ2v) is 7.44. The van der Waals surface area contributed by atoms with Gasteiger partial charge in [-0.1, -0.05) is 0 Å². The second-order valence-electron chi connectivity index (χ2n) is 7.44. The molecule has 1 fully saturated rings. The van der Waals surface area contributed by atoms with Crippen molar-refractivity contribution in [2.45, 2.75) is 39.3 Å². The average molecular weight is 509 g/mol. The summed E-state index contributed by atoms with van der Waals surface area (Å²) < 4.78 is 12.8. The first-order valence-corrected chi connectivity index (χ1v) is 9.63. The molecule has 10 heteroatoms. The Labute approximate surface area is 185 Å². The van der Waals surface area contributed by atoms with Gasteiger partial charge >= 0.3 is 0 Å². The average Bonchev–Trinajstić information content (AvgIpc) is 2.99. The monoisotopic (exact) mass is 509 g/mol. The molecule has 1 aromatic rings. The highest BCUT2D eigenvalue weighted by atomic mass is 127. The lowest BCUT2D eigenvalue weighted by molar-refractivity contribution is 0.0268. The van der Waals surface area contributed by atoms with E-state index >= 15 is 0 Å². The number of halogens is 1. The van der Waals surface area contributed by atoms with Gasteiger partial charge in [-0.05, 0) is 33.7 Å². The third-order valence-corrected chi connectivity index (χ3v) is 4.84. The topological polar surface area (TPSA) is 88.8 Å². The van der Waals surface area contributed by atoms with E-state index in [2.05, 4.69) is 30.7 Å². The highest BCUT2D eigenvalue weighted by Gasteiger charge is 2.17. The number of hydrogen-bond donors (Lipinski definition) is 2. The predicted molar refractivity (Wildman–Crippen MR) is 121 cm³/mol. The van der Waals surface area contributed by atoms with E-state index in [9.17, 15) is 0 Å². The fraction of sp³-hybridized carbons (Fsp3) is 0.833. The third kappa shape index (κ3) is 8.58. The number of nitrogens with zero attached hydrogens (tertiary/aromatic N) is 5. The minimum atomic E-state index is -0.266. The van der Waals surface area contributed by atoms with Gasteiger partial charge in [0, 0.05) is 40.3 Å². The van der Waals surface area contributed by atoms with Gasteiger partial charge in [0.2, 0.25) is 0 Å². The number of aryl methyl sites for hydroxylation is 1. The number of aliphatic imine (C=N–C) groups is 1. The van der Waals surface area contributed by atoms with Crippen LogP contribution in [0.4, 0.5) is 0 Å². The van der Waals surface area contributed by atoms with Gasteiger partial charge < -0.3 is 24.7 Å². The van der Waals surface area contributed by atoms with Crippen molar-refractivity contribution < 1.29 is 9.47 Å². The van der Waals surface area contributed by atoms with Crippen LogP contribution in [-0.4, -0.2) is 84.3 Å². The molecule has 0 unspecified atom stereocenters. The SMILES string of the molecule is COC(C)(C)CNC(=NCc1nnc(C)n1C)NCCCN1CCOCC1.I. The van der Waals surface area contributed by atoms with Crippen molar-refractivity contribution in [2.24, 2.45) is 12.0 Å². The second kappa shape index (κ2) is 12.6. The van der Waals surface area contributed by atoms with E-state index in [0.29, 0.717) is 13.1 Å². The quantitative estimate of drug-likeness (QED) is 0.222. The number of hydrogen-bond acceptors (Lipinski definition) is 6. The summed E-state index contributed by atoms with van der Waals surface area (Å²) >= 11 is 0. The molecule has 1 aromatic heterocycles. The van der Waals surface area contributed by atoms with Gasteiger partial charge in [-0.3, -0.25) is 4.90 Å².